The summed E-state index contributed by atoms with van der Waals surface area (Å²) in [7, 11) is 0. The van der Waals surface area contributed by atoms with Gasteiger partial charge in [0.2, 0.25) is 0 Å². The summed E-state index contributed by atoms with van der Waals surface area (Å²) >= 11 is 6.35. The Morgan fingerprint density at radius 2 is 1.66 bits per heavy atom. The number of carbonyl (C=O) groups is 3. The first-order valence-corrected chi connectivity index (χ1v) is 15.4. The van der Waals surface area contributed by atoms with Gasteiger partial charge in [0.15, 0.2) is 11.6 Å². The van der Waals surface area contributed by atoms with Gasteiger partial charge in [-0.3, -0.25) is 24.4 Å². The number of nitrogens with zero attached hydrogens (tertiary/aromatic N) is 3. The topological polar surface area (TPSA) is 117 Å². The summed E-state index contributed by atoms with van der Waals surface area (Å²) in [6.07, 6.45) is -4.96. The van der Waals surface area contributed by atoms with Crippen LogP contribution in [0.15, 0.2) is 66.7 Å². The molecule has 1 saturated heterocycles. The average molecular weight is 712 g/mol. The first-order valence-electron chi connectivity index (χ1n) is 15.0. The van der Waals surface area contributed by atoms with Crippen LogP contribution < -0.4 is 15.0 Å². The molecule has 0 radical (unpaired) electrons. The number of H-pyrrole nitrogens is 1. The van der Waals surface area contributed by atoms with Crippen LogP contribution in [0.2, 0.25) is 5.02 Å². The van der Waals surface area contributed by atoms with Gasteiger partial charge in [-0.1, -0.05) is 23.7 Å². The van der Waals surface area contributed by atoms with E-state index < -0.39 is 46.7 Å². The summed E-state index contributed by atoms with van der Waals surface area (Å²) in [6.45, 7) is 2.10. The first-order chi connectivity index (χ1) is 23.9. The number of alkyl halides is 3. The van der Waals surface area contributed by atoms with Crippen molar-refractivity contribution in [3.63, 3.8) is 0 Å². The molecule has 2 N–H and O–H groups in total. The van der Waals surface area contributed by atoms with Crippen LogP contribution >= 0.6 is 11.6 Å². The van der Waals surface area contributed by atoms with Gasteiger partial charge < -0.3 is 14.8 Å². The lowest BCUT2D eigenvalue weighted by Gasteiger charge is -2.27. The molecule has 1 aromatic heterocycles. The Morgan fingerprint density at radius 3 is 2.34 bits per heavy atom. The molecular weight excluding hydrogens is 689 g/mol. The quantitative estimate of drug-likeness (QED) is 0.136. The Morgan fingerprint density at radius 1 is 0.960 bits per heavy atom. The molecule has 7 rings (SSSR count). The molecule has 50 heavy (non-hydrogen) atoms. The molecule has 2 aliphatic heterocycles. The van der Waals surface area contributed by atoms with Crippen molar-refractivity contribution in [1.29, 1.82) is 0 Å². The number of morpholine rings is 1. The van der Waals surface area contributed by atoms with Gasteiger partial charge in [0.05, 0.1) is 51.5 Å². The molecule has 0 atom stereocenters. The van der Waals surface area contributed by atoms with Crippen LogP contribution in [-0.4, -0.2) is 59.1 Å². The second-order valence-corrected chi connectivity index (χ2v) is 11.9. The van der Waals surface area contributed by atoms with Crippen molar-refractivity contribution >= 4 is 51.7 Å². The molecule has 3 heterocycles. The van der Waals surface area contributed by atoms with Crippen molar-refractivity contribution in [3.05, 3.63) is 111 Å². The monoisotopic (exact) mass is 711 g/mol. The third-order valence-electron chi connectivity index (χ3n) is 8.20. The van der Waals surface area contributed by atoms with Gasteiger partial charge in [0.1, 0.15) is 17.4 Å². The van der Waals surface area contributed by atoms with Gasteiger partial charge in [-0.15, -0.1) is 0 Å². The van der Waals surface area contributed by atoms with E-state index in [2.05, 4.69) is 15.5 Å². The second-order valence-electron chi connectivity index (χ2n) is 11.4. The molecule has 0 saturated carbocycles. The minimum Gasteiger partial charge on any atom is -0.453 e. The fourth-order valence-corrected chi connectivity index (χ4v) is 5.99. The van der Waals surface area contributed by atoms with E-state index in [-0.39, 0.29) is 62.7 Å². The maximum atomic E-state index is 14.4. The number of hydrogen-bond donors (Lipinski definition) is 2. The van der Waals surface area contributed by atoms with Crippen LogP contribution in [0.25, 0.3) is 10.9 Å². The fraction of sp³-hybridized carbons (Fsp3) is 0.176. The molecule has 0 unspecified atom stereocenters. The van der Waals surface area contributed by atoms with Gasteiger partial charge in [-0.25, -0.2) is 13.7 Å². The molecular formula is C34H23ClF5N5O5. The predicted molar refractivity (Wildman–Crippen MR) is 171 cm³/mol. The number of hydrogen-bond acceptors (Lipinski definition) is 7. The van der Waals surface area contributed by atoms with E-state index in [1.807, 2.05) is 4.90 Å². The van der Waals surface area contributed by atoms with Crippen molar-refractivity contribution in [3.8, 4) is 11.5 Å². The third kappa shape index (κ3) is 6.14. The Kier molecular flexibility index (Phi) is 8.49. The number of nitrogens with one attached hydrogen (secondary N) is 2. The zero-order valence-corrected chi connectivity index (χ0v) is 26.3. The lowest BCUT2D eigenvalue weighted by molar-refractivity contribution is -0.137. The highest BCUT2D eigenvalue weighted by Gasteiger charge is 2.40. The average Bonchev–Trinajstić information content (AvgIpc) is 3.62. The van der Waals surface area contributed by atoms with Crippen LogP contribution in [0.1, 0.15) is 42.2 Å². The number of ether oxygens (including phenoxy) is 2. The highest BCUT2D eigenvalue weighted by Crippen LogP contribution is 2.46. The van der Waals surface area contributed by atoms with Gasteiger partial charge in [0.25, 0.3) is 17.7 Å². The number of fused-ring (bicyclic) bond motifs is 2. The Labute approximate surface area is 284 Å². The zero-order valence-electron chi connectivity index (χ0n) is 25.5. The normalized spacial score (nSPS) is 15.1. The summed E-state index contributed by atoms with van der Waals surface area (Å²) in [6, 6.07) is 12.2. The zero-order chi connectivity index (χ0) is 35.3. The lowest BCUT2D eigenvalue weighted by atomic mass is 10.1. The van der Waals surface area contributed by atoms with Crippen molar-refractivity contribution in [2.75, 3.05) is 36.5 Å². The summed E-state index contributed by atoms with van der Waals surface area (Å²) in [5.74, 6) is -5.41. The van der Waals surface area contributed by atoms with Gasteiger partial charge in [0, 0.05) is 31.3 Å². The van der Waals surface area contributed by atoms with Gasteiger partial charge >= 0.3 is 6.18 Å². The Bertz CT molecular complexity index is 2170. The summed E-state index contributed by atoms with van der Waals surface area (Å²) < 4.78 is 81.0. The molecule has 4 aromatic carbocycles. The Hall–Kier alpha value is -5.38. The van der Waals surface area contributed by atoms with E-state index in [1.165, 1.54) is 24.3 Å². The maximum Gasteiger partial charge on any atom is 0.416 e. The smallest absolute Gasteiger partial charge is 0.416 e. The van der Waals surface area contributed by atoms with E-state index in [4.69, 9.17) is 21.1 Å². The molecule has 0 aliphatic carbocycles. The molecule has 0 bridgehead atoms. The summed E-state index contributed by atoms with van der Waals surface area (Å²) in [4.78, 5) is 43.7. The van der Waals surface area contributed by atoms with Crippen molar-refractivity contribution in [1.82, 2.24) is 15.1 Å². The van der Waals surface area contributed by atoms with Gasteiger partial charge in [-0.05, 0) is 54.1 Å². The van der Waals surface area contributed by atoms with E-state index in [9.17, 15) is 36.3 Å². The van der Waals surface area contributed by atoms with E-state index in [0.29, 0.717) is 44.0 Å². The van der Waals surface area contributed by atoms with E-state index in [0.717, 1.165) is 17.0 Å². The molecule has 256 valence electrons. The SMILES string of the molecule is O=C(Nc1cc(CN2CCOCC2)c2[nH]nc(N3C(=O)c4ccccc4C3=O)c2c1Oc1cc(F)ccc1Cl)c1cc(F)cc(C(F)(F)F)c1. The van der Waals surface area contributed by atoms with E-state index >= 15 is 0 Å². The highest BCUT2D eigenvalue weighted by molar-refractivity contribution is 6.36. The highest BCUT2D eigenvalue weighted by atomic mass is 35.5. The minimum atomic E-state index is -4.96. The summed E-state index contributed by atoms with van der Waals surface area (Å²) in [5.41, 5.74) is -1.33. The molecule has 0 spiro atoms. The van der Waals surface area contributed by atoms with Crippen LogP contribution in [0.5, 0.6) is 11.5 Å². The number of amides is 3. The number of halogens is 6. The van der Waals surface area contributed by atoms with Crippen molar-refractivity contribution in [2.45, 2.75) is 12.7 Å². The molecule has 10 nitrogen and oxygen atoms in total. The molecule has 16 heteroatoms. The number of rotatable bonds is 7. The van der Waals surface area contributed by atoms with Crippen LogP contribution in [0, 0.1) is 11.6 Å². The number of aromatic nitrogens is 2. The molecule has 2 aliphatic rings. The van der Waals surface area contributed by atoms with Crippen LogP contribution in [-0.2, 0) is 17.5 Å². The second kappa shape index (κ2) is 12.8. The number of benzene rings is 4. The lowest BCUT2D eigenvalue weighted by Crippen LogP contribution is -2.35. The maximum absolute atomic E-state index is 14.4. The van der Waals surface area contributed by atoms with Crippen LogP contribution in [0.3, 0.4) is 0 Å². The van der Waals surface area contributed by atoms with Crippen LogP contribution in [0.4, 0.5) is 33.5 Å². The fourth-order valence-electron chi connectivity index (χ4n) is 5.84. The van der Waals surface area contributed by atoms with Gasteiger partial charge in [-0.2, -0.15) is 18.3 Å². The standard InChI is InChI=1S/C34H23ClF5N5O5/c35-24-6-5-20(36)15-26(24)50-29-25(41-31(46)17-11-19(34(38,39)40)14-21(37)12-17)13-18(16-44-7-9-49-10-8-44)28-27(29)30(43-42-28)45-32(47)22-3-1-2-4-23(22)33(45)48/h1-6,11-15H,7-10,16H2,(H,41,46)(H,42,43). The minimum absolute atomic E-state index is 0.0175. The largest absolute Gasteiger partial charge is 0.453 e. The van der Waals surface area contributed by atoms with Crippen molar-refractivity contribution in [2.24, 2.45) is 0 Å². The van der Waals surface area contributed by atoms with E-state index in [1.54, 1.807) is 12.1 Å². The molecule has 5 aromatic rings. The number of anilines is 2. The van der Waals surface area contributed by atoms with Crippen molar-refractivity contribution < 1.29 is 45.8 Å². The Balaban J connectivity index is 1.44. The summed E-state index contributed by atoms with van der Waals surface area (Å²) in [5, 5.41) is 9.60. The third-order valence-corrected chi connectivity index (χ3v) is 8.52. The number of aromatic amines is 1. The molecule has 3 amide bonds. The number of carbonyl (C=O) groups excluding carboxylic acids is 3. The number of imide groups is 1. The molecule has 1 fully saturated rings. The first kappa shape index (κ1) is 33.1. The predicted octanol–water partition coefficient (Wildman–Crippen LogP) is 7.19.